The van der Waals surface area contributed by atoms with Gasteiger partial charge in [-0.05, 0) is 42.0 Å². The SMILES string of the molecule is CCCCc1csc(/C=C(\Cc2cc3c(cc2OC)OCO3)C(=O)O)c1-c1cnc(OC)nc1OCc1ccccc1C(=O)O. The second-order valence-electron chi connectivity index (χ2n) is 10.1. The van der Waals surface area contributed by atoms with E-state index in [-0.39, 0.29) is 42.8 Å². The number of hydrogen-bond donors (Lipinski definition) is 2. The number of aryl methyl sites for hydroxylation is 1. The Hall–Kier alpha value is -5.10. The number of aromatic carboxylic acids is 1. The van der Waals surface area contributed by atoms with Crippen molar-refractivity contribution in [2.75, 3.05) is 21.0 Å². The number of nitrogens with zero attached hydrogens (tertiary/aromatic N) is 2. The van der Waals surface area contributed by atoms with Crippen LogP contribution in [0.15, 0.2) is 53.5 Å². The molecule has 0 aliphatic carbocycles. The lowest BCUT2D eigenvalue weighted by Crippen LogP contribution is -2.07. The molecule has 11 nitrogen and oxygen atoms in total. The van der Waals surface area contributed by atoms with Gasteiger partial charge in [0.15, 0.2) is 11.5 Å². The van der Waals surface area contributed by atoms with Crippen LogP contribution in [-0.2, 0) is 24.2 Å². The highest BCUT2D eigenvalue weighted by Gasteiger charge is 2.24. The molecule has 5 rings (SSSR count). The van der Waals surface area contributed by atoms with E-state index in [4.69, 9.17) is 23.7 Å². The van der Waals surface area contributed by atoms with Crippen molar-refractivity contribution in [2.45, 2.75) is 39.2 Å². The predicted octanol–water partition coefficient (Wildman–Crippen LogP) is 6.28. The lowest BCUT2D eigenvalue weighted by molar-refractivity contribution is -0.132. The maximum Gasteiger partial charge on any atom is 0.336 e. The number of hydrogen-bond acceptors (Lipinski definition) is 10. The van der Waals surface area contributed by atoms with Crippen molar-refractivity contribution in [3.8, 4) is 40.3 Å². The molecule has 0 amide bonds. The fourth-order valence-corrected chi connectivity index (χ4v) is 6.03. The summed E-state index contributed by atoms with van der Waals surface area (Å²) in [5.74, 6) is -0.421. The summed E-state index contributed by atoms with van der Waals surface area (Å²) in [4.78, 5) is 33.9. The summed E-state index contributed by atoms with van der Waals surface area (Å²) in [7, 11) is 2.95. The van der Waals surface area contributed by atoms with Gasteiger partial charge in [-0.25, -0.2) is 14.6 Å². The van der Waals surface area contributed by atoms with Crippen molar-refractivity contribution in [1.29, 1.82) is 0 Å². The van der Waals surface area contributed by atoms with E-state index in [9.17, 15) is 19.8 Å². The Bertz CT molecular complexity index is 1750. The van der Waals surface area contributed by atoms with Gasteiger partial charge in [0.05, 0.1) is 25.3 Å². The summed E-state index contributed by atoms with van der Waals surface area (Å²) >= 11 is 1.41. The monoisotopic (exact) mass is 632 g/mol. The number of rotatable bonds is 14. The first-order chi connectivity index (χ1) is 21.8. The fraction of sp³-hybridized carbons (Fsp3) is 0.273. The molecule has 4 aromatic rings. The maximum atomic E-state index is 12.6. The number of benzene rings is 2. The third kappa shape index (κ3) is 7.01. The zero-order valence-corrected chi connectivity index (χ0v) is 25.8. The molecule has 0 saturated carbocycles. The van der Waals surface area contributed by atoms with Crippen LogP contribution in [0.3, 0.4) is 0 Å². The van der Waals surface area contributed by atoms with Crippen molar-refractivity contribution >= 4 is 29.4 Å². The molecule has 45 heavy (non-hydrogen) atoms. The molecule has 2 aromatic carbocycles. The quantitative estimate of drug-likeness (QED) is 0.151. The van der Waals surface area contributed by atoms with Crippen LogP contribution in [0, 0.1) is 0 Å². The molecule has 2 aromatic heterocycles. The Morgan fingerprint density at radius 1 is 1.04 bits per heavy atom. The first kappa shape index (κ1) is 31.3. The molecule has 0 atom stereocenters. The third-order valence-corrected chi connectivity index (χ3v) is 8.21. The Kier molecular flexibility index (Phi) is 9.83. The van der Waals surface area contributed by atoms with Crippen LogP contribution in [0.25, 0.3) is 17.2 Å². The van der Waals surface area contributed by atoms with Gasteiger partial charge in [0.25, 0.3) is 0 Å². The van der Waals surface area contributed by atoms with Gasteiger partial charge in [-0.15, -0.1) is 11.3 Å². The third-order valence-electron chi connectivity index (χ3n) is 7.23. The molecule has 1 aliphatic heterocycles. The summed E-state index contributed by atoms with van der Waals surface area (Å²) in [5.41, 5.74) is 3.62. The minimum atomic E-state index is -1.09. The van der Waals surface area contributed by atoms with Gasteiger partial charge in [0, 0.05) is 45.8 Å². The number of fused-ring (bicyclic) bond motifs is 1. The highest BCUT2D eigenvalue weighted by atomic mass is 32.1. The van der Waals surface area contributed by atoms with E-state index in [1.54, 1.807) is 42.6 Å². The van der Waals surface area contributed by atoms with Crippen molar-refractivity contribution < 1.29 is 43.5 Å². The molecule has 0 radical (unpaired) electrons. The number of carbonyl (C=O) groups is 2. The standard InChI is InChI=1S/C33H32N2O9S/c1-4-5-8-20-17-45-28(13-22(31(36)37)11-21-12-26-27(44-18-43-26)14-25(21)40-2)29(20)24-15-34-33(41-3)35-30(24)42-16-19-9-6-7-10-23(19)32(38)39/h6-7,9-10,12-15,17H,4-5,8,11,16,18H2,1-3H3,(H,36,37)(H,38,39)/b22-13+. The first-order valence-electron chi connectivity index (χ1n) is 14.2. The Morgan fingerprint density at radius 2 is 1.82 bits per heavy atom. The lowest BCUT2D eigenvalue weighted by atomic mass is 9.97. The topological polar surface area (TPSA) is 147 Å². The number of carboxylic acid groups (broad SMARTS) is 2. The average molecular weight is 633 g/mol. The summed E-state index contributed by atoms with van der Waals surface area (Å²) in [6, 6.07) is 10.1. The summed E-state index contributed by atoms with van der Waals surface area (Å²) < 4.78 is 27.9. The van der Waals surface area contributed by atoms with Crippen LogP contribution in [-0.4, -0.2) is 53.1 Å². The maximum absolute atomic E-state index is 12.6. The zero-order chi connectivity index (χ0) is 31.9. The van der Waals surface area contributed by atoms with E-state index in [0.717, 1.165) is 30.4 Å². The van der Waals surface area contributed by atoms with Crippen molar-refractivity contribution in [3.05, 3.63) is 80.7 Å². The molecule has 234 valence electrons. The summed E-state index contributed by atoms with van der Waals surface area (Å²) in [5, 5.41) is 21.9. The van der Waals surface area contributed by atoms with Gasteiger partial charge in [-0.3, -0.25) is 0 Å². The lowest BCUT2D eigenvalue weighted by Gasteiger charge is -2.14. The molecular formula is C33H32N2O9S. The predicted molar refractivity (Wildman–Crippen MR) is 167 cm³/mol. The van der Waals surface area contributed by atoms with Gasteiger partial charge in [0.1, 0.15) is 12.4 Å². The van der Waals surface area contributed by atoms with Crippen molar-refractivity contribution in [3.63, 3.8) is 0 Å². The molecule has 0 unspecified atom stereocenters. The summed E-state index contributed by atoms with van der Waals surface area (Å²) in [6.45, 7) is 2.11. The molecule has 12 heteroatoms. The number of methoxy groups -OCH3 is 2. The largest absolute Gasteiger partial charge is 0.496 e. The van der Waals surface area contributed by atoms with E-state index in [0.29, 0.717) is 38.8 Å². The van der Waals surface area contributed by atoms with Crippen LogP contribution >= 0.6 is 11.3 Å². The number of unbranched alkanes of at least 4 members (excludes halogenated alkanes) is 1. The van der Waals surface area contributed by atoms with Gasteiger partial charge in [-0.2, -0.15) is 4.98 Å². The number of thiophene rings is 1. The minimum Gasteiger partial charge on any atom is -0.496 e. The zero-order valence-electron chi connectivity index (χ0n) is 25.0. The molecule has 0 spiro atoms. The Labute approximate surface area is 263 Å². The van der Waals surface area contributed by atoms with E-state index < -0.39 is 11.9 Å². The van der Waals surface area contributed by atoms with Crippen LogP contribution in [0.5, 0.6) is 29.1 Å². The van der Waals surface area contributed by atoms with E-state index in [2.05, 4.69) is 16.9 Å². The smallest absolute Gasteiger partial charge is 0.336 e. The van der Waals surface area contributed by atoms with Crippen LogP contribution < -0.4 is 23.7 Å². The van der Waals surface area contributed by atoms with Gasteiger partial charge in [-0.1, -0.05) is 31.5 Å². The van der Waals surface area contributed by atoms with Crippen LogP contribution in [0.1, 0.15) is 51.7 Å². The van der Waals surface area contributed by atoms with E-state index >= 15 is 0 Å². The van der Waals surface area contributed by atoms with Crippen molar-refractivity contribution in [1.82, 2.24) is 9.97 Å². The second-order valence-corrected chi connectivity index (χ2v) is 11.0. The number of ether oxygens (including phenoxy) is 5. The Morgan fingerprint density at radius 3 is 2.53 bits per heavy atom. The van der Waals surface area contributed by atoms with E-state index in [1.807, 2.05) is 5.38 Å². The number of aliphatic carboxylic acids is 1. The van der Waals surface area contributed by atoms with Crippen molar-refractivity contribution in [2.24, 2.45) is 0 Å². The average Bonchev–Trinajstić information content (AvgIpc) is 3.68. The molecule has 3 heterocycles. The van der Waals surface area contributed by atoms with Gasteiger partial charge < -0.3 is 33.9 Å². The Balaban J connectivity index is 1.58. The normalized spacial score (nSPS) is 12.2. The highest BCUT2D eigenvalue weighted by Crippen LogP contribution is 2.42. The second kappa shape index (κ2) is 14.1. The van der Waals surface area contributed by atoms with Crippen LogP contribution in [0.2, 0.25) is 0 Å². The summed E-state index contributed by atoms with van der Waals surface area (Å²) in [6.07, 6.45) is 5.90. The molecule has 0 fully saturated rings. The molecular weight excluding hydrogens is 600 g/mol. The van der Waals surface area contributed by atoms with Crippen LogP contribution in [0.4, 0.5) is 0 Å². The minimum absolute atomic E-state index is 0.0607. The first-order valence-corrected chi connectivity index (χ1v) is 15.1. The molecule has 0 saturated heterocycles. The molecule has 0 bridgehead atoms. The fourth-order valence-electron chi connectivity index (χ4n) is 4.95. The number of carboxylic acids is 2. The van der Waals surface area contributed by atoms with Gasteiger partial charge in [0.2, 0.25) is 12.7 Å². The highest BCUT2D eigenvalue weighted by molar-refractivity contribution is 7.11. The molecule has 2 N–H and O–H groups in total. The molecule has 1 aliphatic rings. The number of aromatic nitrogens is 2. The van der Waals surface area contributed by atoms with Gasteiger partial charge >= 0.3 is 17.9 Å². The van der Waals surface area contributed by atoms with E-state index in [1.165, 1.54) is 31.6 Å².